The number of nitrogens with zero attached hydrogens (tertiary/aromatic N) is 2. The van der Waals surface area contributed by atoms with Crippen LogP contribution < -0.4 is 9.62 Å². The molecule has 0 aliphatic rings. The first-order chi connectivity index (χ1) is 15.4. The maximum absolute atomic E-state index is 13.6. The first kappa shape index (κ1) is 27.1. The minimum absolute atomic E-state index is 0.0158. The van der Waals surface area contributed by atoms with Crippen molar-refractivity contribution >= 4 is 43.4 Å². The van der Waals surface area contributed by atoms with Crippen molar-refractivity contribution in [2.24, 2.45) is 0 Å². The maximum Gasteiger partial charge on any atom is 0.242 e. The summed E-state index contributed by atoms with van der Waals surface area (Å²) in [4.78, 5) is 12.3. The Kier molecular flexibility index (Phi) is 9.70. The fourth-order valence-corrected chi connectivity index (χ4v) is 5.49. The molecule has 12 heteroatoms. The Labute approximate surface area is 199 Å². The Morgan fingerprint density at radius 2 is 1.67 bits per heavy atom. The number of nitrogens with one attached hydrogen (secondary N) is 1. The van der Waals surface area contributed by atoms with Crippen LogP contribution in [0.5, 0.6) is 0 Å². The Bertz CT molecular complexity index is 1150. The van der Waals surface area contributed by atoms with Crippen molar-refractivity contribution in [1.82, 2.24) is 9.62 Å². The third kappa shape index (κ3) is 7.98. The number of sulfonamides is 2. The summed E-state index contributed by atoms with van der Waals surface area (Å²) in [6.07, 6.45) is 1.62. The highest BCUT2D eigenvalue weighted by Crippen LogP contribution is 2.21. The quantitative estimate of drug-likeness (QED) is 0.433. The molecule has 0 bridgehead atoms. The number of carbonyl (C=O) groups excluding carboxylic acids is 1. The van der Waals surface area contributed by atoms with Crippen molar-refractivity contribution in [2.45, 2.75) is 17.1 Å². The standard InChI is InChI=1S/C21H28FN3O5S3/c1-24(2)33(29,30)19-11-9-18(10-12-19)25(32(3,27)28)15-21(26)23-13-6-14-31-16-17-7-4-5-8-20(17)22/h4-5,7-12H,6,13-16H2,1-3H3,(H,23,26). The van der Waals surface area contributed by atoms with E-state index in [-0.39, 0.29) is 16.4 Å². The molecule has 0 unspecified atom stereocenters. The molecule has 2 aromatic rings. The number of amides is 1. The molecule has 0 heterocycles. The molecule has 0 fully saturated rings. The molecular weight excluding hydrogens is 489 g/mol. The molecule has 0 aromatic heterocycles. The first-order valence-electron chi connectivity index (χ1n) is 10.0. The third-order valence-corrected chi connectivity index (χ3v) is 8.66. The van der Waals surface area contributed by atoms with Crippen molar-refractivity contribution in [3.63, 3.8) is 0 Å². The van der Waals surface area contributed by atoms with Gasteiger partial charge in [-0.05, 0) is 48.1 Å². The van der Waals surface area contributed by atoms with Crippen LogP contribution in [0.25, 0.3) is 0 Å². The van der Waals surface area contributed by atoms with Crippen LogP contribution in [-0.4, -0.2) is 66.2 Å². The van der Waals surface area contributed by atoms with Crippen LogP contribution in [0.4, 0.5) is 10.1 Å². The van der Waals surface area contributed by atoms with Gasteiger partial charge in [0, 0.05) is 26.4 Å². The van der Waals surface area contributed by atoms with Gasteiger partial charge < -0.3 is 5.32 Å². The molecule has 0 saturated heterocycles. The molecule has 8 nitrogen and oxygen atoms in total. The Hall–Kier alpha value is -2.15. The molecule has 1 N–H and O–H groups in total. The van der Waals surface area contributed by atoms with E-state index >= 15 is 0 Å². The van der Waals surface area contributed by atoms with Gasteiger partial charge in [-0.25, -0.2) is 25.5 Å². The monoisotopic (exact) mass is 517 g/mol. The van der Waals surface area contributed by atoms with E-state index in [1.165, 1.54) is 44.4 Å². The van der Waals surface area contributed by atoms with Crippen LogP contribution in [0, 0.1) is 5.82 Å². The summed E-state index contributed by atoms with van der Waals surface area (Å²) >= 11 is 1.54. The molecule has 2 rings (SSSR count). The predicted molar refractivity (Wildman–Crippen MR) is 130 cm³/mol. The molecule has 0 saturated carbocycles. The largest absolute Gasteiger partial charge is 0.354 e. The minimum Gasteiger partial charge on any atom is -0.354 e. The Morgan fingerprint density at radius 1 is 1.03 bits per heavy atom. The van der Waals surface area contributed by atoms with E-state index < -0.39 is 32.5 Å². The zero-order chi connectivity index (χ0) is 24.6. The van der Waals surface area contributed by atoms with E-state index in [2.05, 4.69) is 5.32 Å². The number of hydrogen-bond donors (Lipinski definition) is 1. The highest BCUT2D eigenvalue weighted by atomic mass is 32.2. The SMILES string of the molecule is CN(C)S(=O)(=O)c1ccc(N(CC(=O)NCCCSCc2ccccc2F)S(C)(=O)=O)cc1. The number of thioether (sulfide) groups is 1. The van der Waals surface area contributed by atoms with Crippen molar-refractivity contribution in [3.8, 4) is 0 Å². The van der Waals surface area contributed by atoms with E-state index in [9.17, 15) is 26.0 Å². The number of carbonyl (C=O) groups is 1. The molecule has 33 heavy (non-hydrogen) atoms. The molecule has 0 atom stereocenters. The lowest BCUT2D eigenvalue weighted by atomic mass is 10.2. The lowest BCUT2D eigenvalue weighted by molar-refractivity contribution is -0.119. The predicted octanol–water partition coefficient (Wildman–Crippen LogP) is 2.28. The van der Waals surface area contributed by atoms with Gasteiger partial charge in [0.2, 0.25) is 26.0 Å². The van der Waals surface area contributed by atoms with Gasteiger partial charge in [0.25, 0.3) is 0 Å². The summed E-state index contributed by atoms with van der Waals surface area (Å²) in [6, 6.07) is 11.9. The van der Waals surface area contributed by atoms with Crippen molar-refractivity contribution in [2.75, 3.05) is 43.5 Å². The lowest BCUT2D eigenvalue weighted by Gasteiger charge is -2.22. The average molecular weight is 518 g/mol. The van der Waals surface area contributed by atoms with E-state index in [0.29, 0.717) is 30.0 Å². The van der Waals surface area contributed by atoms with Crippen LogP contribution in [-0.2, 0) is 30.6 Å². The van der Waals surface area contributed by atoms with Gasteiger partial charge in [-0.3, -0.25) is 9.10 Å². The van der Waals surface area contributed by atoms with Gasteiger partial charge >= 0.3 is 0 Å². The van der Waals surface area contributed by atoms with Gasteiger partial charge in [-0.2, -0.15) is 11.8 Å². The molecule has 0 radical (unpaired) electrons. The zero-order valence-electron chi connectivity index (χ0n) is 18.7. The lowest BCUT2D eigenvalue weighted by Crippen LogP contribution is -2.40. The normalized spacial score (nSPS) is 12.0. The van der Waals surface area contributed by atoms with Crippen LogP contribution in [0.1, 0.15) is 12.0 Å². The number of halogens is 1. The van der Waals surface area contributed by atoms with E-state index in [4.69, 9.17) is 0 Å². The molecule has 182 valence electrons. The number of anilines is 1. The average Bonchev–Trinajstić information content (AvgIpc) is 2.75. The summed E-state index contributed by atoms with van der Waals surface area (Å²) < 4.78 is 64.4. The van der Waals surface area contributed by atoms with Gasteiger partial charge in [-0.15, -0.1) is 0 Å². The van der Waals surface area contributed by atoms with Crippen LogP contribution in [0.2, 0.25) is 0 Å². The first-order valence-corrected chi connectivity index (χ1v) is 14.5. The number of benzene rings is 2. The van der Waals surface area contributed by atoms with E-state index in [1.54, 1.807) is 30.0 Å². The minimum atomic E-state index is -3.78. The molecule has 0 spiro atoms. The fraction of sp³-hybridized carbons (Fsp3) is 0.381. The number of hydrogen-bond acceptors (Lipinski definition) is 6. The van der Waals surface area contributed by atoms with E-state index in [0.717, 1.165) is 14.9 Å². The molecular formula is C21H28FN3O5S3. The number of rotatable bonds is 12. The van der Waals surface area contributed by atoms with Crippen LogP contribution in [0.15, 0.2) is 53.4 Å². The van der Waals surface area contributed by atoms with Gasteiger partial charge in [0.1, 0.15) is 12.4 Å². The second kappa shape index (κ2) is 11.8. The molecule has 2 aromatic carbocycles. The van der Waals surface area contributed by atoms with E-state index in [1.807, 2.05) is 0 Å². The van der Waals surface area contributed by atoms with Crippen molar-refractivity contribution in [3.05, 3.63) is 59.9 Å². The summed E-state index contributed by atoms with van der Waals surface area (Å²) in [5.74, 6) is 0.504. The molecule has 0 aliphatic heterocycles. The summed E-state index contributed by atoms with van der Waals surface area (Å²) in [7, 11) is -4.64. The van der Waals surface area contributed by atoms with Crippen molar-refractivity contribution in [1.29, 1.82) is 0 Å². The second-order valence-electron chi connectivity index (χ2n) is 7.40. The topological polar surface area (TPSA) is 104 Å². The third-order valence-electron chi connectivity index (χ3n) is 4.59. The fourth-order valence-electron chi connectivity index (χ4n) is 2.78. The smallest absolute Gasteiger partial charge is 0.242 e. The van der Waals surface area contributed by atoms with Gasteiger partial charge in [0.05, 0.1) is 16.8 Å². The molecule has 0 aliphatic carbocycles. The molecule has 1 amide bonds. The van der Waals surface area contributed by atoms with Crippen LogP contribution in [0.3, 0.4) is 0 Å². The highest BCUT2D eigenvalue weighted by molar-refractivity contribution is 7.98. The summed E-state index contributed by atoms with van der Waals surface area (Å²) in [6.45, 7) is -0.0816. The van der Waals surface area contributed by atoms with Crippen LogP contribution >= 0.6 is 11.8 Å². The van der Waals surface area contributed by atoms with Crippen molar-refractivity contribution < 1.29 is 26.0 Å². The Morgan fingerprint density at radius 3 is 2.24 bits per heavy atom. The van der Waals surface area contributed by atoms with Gasteiger partial charge in [0.15, 0.2) is 0 Å². The second-order valence-corrected chi connectivity index (χ2v) is 12.6. The Balaban J connectivity index is 1.88. The highest BCUT2D eigenvalue weighted by Gasteiger charge is 2.22. The summed E-state index contributed by atoms with van der Waals surface area (Å²) in [5, 5.41) is 2.68. The summed E-state index contributed by atoms with van der Waals surface area (Å²) in [5.41, 5.74) is 0.811. The maximum atomic E-state index is 13.6. The zero-order valence-corrected chi connectivity index (χ0v) is 21.1. The van der Waals surface area contributed by atoms with Gasteiger partial charge in [-0.1, -0.05) is 18.2 Å².